The van der Waals surface area contributed by atoms with Gasteiger partial charge in [-0.25, -0.2) is 8.78 Å². The van der Waals surface area contributed by atoms with Crippen molar-refractivity contribution in [1.29, 1.82) is 0 Å². The second kappa shape index (κ2) is 2.80. The summed E-state index contributed by atoms with van der Waals surface area (Å²) in [5.41, 5.74) is 0.791. The van der Waals surface area contributed by atoms with Crippen molar-refractivity contribution >= 4 is 26.9 Å². The van der Waals surface area contributed by atoms with Crippen molar-refractivity contribution in [3.05, 3.63) is 34.0 Å². The van der Waals surface area contributed by atoms with E-state index in [9.17, 15) is 8.78 Å². The van der Waals surface area contributed by atoms with Crippen LogP contribution in [0.1, 0.15) is 5.56 Å². The Morgan fingerprint density at radius 2 is 2.00 bits per heavy atom. The SMILES string of the molecule is Cc1c(Br)oc2c(F)cc(F)cc12. The van der Waals surface area contributed by atoms with Gasteiger partial charge in [0.15, 0.2) is 16.1 Å². The number of hydrogen-bond acceptors (Lipinski definition) is 1. The van der Waals surface area contributed by atoms with E-state index in [1.807, 2.05) is 0 Å². The maximum Gasteiger partial charge on any atom is 0.173 e. The second-order valence-corrected chi connectivity index (χ2v) is 3.49. The van der Waals surface area contributed by atoms with E-state index >= 15 is 0 Å². The molecule has 0 amide bonds. The fourth-order valence-electron chi connectivity index (χ4n) is 1.21. The summed E-state index contributed by atoms with van der Waals surface area (Å²) in [5.74, 6) is -1.27. The molecule has 0 saturated carbocycles. The third-order valence-electron chi connectivity index (χ3n) is 1.90. The molecule has 0 bridgehead atoms. The summed E-state index contributed by atoms with van der Waals surface area (Å²) >= 11 is 3.11. The first kappa shape index (κ1) is 8.69. The van der Waals surface area contributed by atoms with Crippen LogP contribution < -0.4 is 0 Å². The van der Waals surface area contributed by atoms with Crippen molar-refractivity contribution in [1.82, 2.24) is 0 Å². The Kier molecular flexibility index (Phi) is 1.87. The molecule has 2 aromatic rings. The molecule has 0 aliphatic heterocycles. The molecule has 2 rings (SSSR count). The first-order chi connectivity index (χ1) is 6.09. The number of hydrogen-bond donors (Lipinski definition) is 0. The Hall–Kier alpha value is -0.900. The van der Waals surface area contributed by atoms with Crippen LogP contribution in [0, 0.1) is 18.6 Å². The van der Waals surface area contributed by atoms with E-state index in [0.717, 1.165) is 6.07 Å². The lowest BCUT2D eigenvalue weighted by molar-refractivity contribution is 0.533. The molecular formula is C9H5BrF2O. The molecule has 13 heavy (non-hydrogen) atoms. The smallest absolute Gasteiger partial charge is 0.173 e. The first-order valence-electron chi connectivity index (χ1n) is 3.63. The molecule has 0 unspecified atom stereocenters. The van der Waals surface area contributed by atoms with Crippen LogP contribution in [0.25, 0.3) is 11.0 Å². The summed E-state index contributed by atoms with van der Waals surface area (Å²) in [6.45, 7) is 1.73. The average Bonchev–Trinajstić information content (AvgIpc) is 2.32. The molecular weight excluding hydrogens is 242 g/mol. The van der Waals surface area contributed by atoms with Gasteiger partial charge in [-0.3, -0.25) is 0 Å². The Balaban J connectivity index is 2.94. The van der Waals surface area contributed by atoms with Gasteiger partial charge < -0.3 is 4.42 Å². The van der Waals surface area contributed by atoms with E-state index in [1.165, 1.54) is 6.07 Å². The van der Waals surface area contributed by atoms with Crippen LogP contribution in [0.15, 0.2) is 21.2 Å². The zero-order valence-electron chi connectivity index (χ0n) is 6.70. The van der Waals surface area contributed by atoms with Crippen molar-refractivity contribution < 1.29 is 13.2 Å². The highest BCUT2D eigenvalue weighted by atomic mass is 79.9. The summed E-state index contributed by atoms with van der Waals surface area (Å²) in [6.07, 6.45) is 0. The van der Waals surface area contributed by atoms with Gasteiger partial charge >= 0.3 is 0 Å². The molecule has 1 aromatic heterocycles. The van der Waals surface area contributed by atoms with E-state index < -0.39 is 11.6 Å². The van der Waals surface area contributed by atoms with Gasteiger partial charge in [-0.1, -0.05) is 0 Å². The Morgan fingerprint density at radius 3 is 2.69 bits per heavy atom. The third-order valence-corrected chi connectivity index (χ3v) is 2.66. The van der Waals surface area contributed by atoms with Crippen LogP contribution in [0.4, 0.5) is 8.78 Å². The van der Waals surface area contributed by atoms with E-state index in [-0.39, 0.29) is 5.58 Å². The topological polar surface area (TPSA) is 13.1 Å². The summed E-state index contributed by atoms with van der Waals surface area (Å²) in [7, 11) is 0. The molecule has 1 heterocycles. The predicted octanol–water partition coefficient (Wildman–Crippen LogP) is 3.78. The number of rotatable bonds is 0. The van der Waals surface area contributed by atoms with Crippen molar-refractivity contribution in [2.24, 2.45) is 0 Å². The minimum Gasteiger partial charge on any atom is -0.446 e. The highest BCUT2D eigenvalue weighted by Crippen LogP contribution is 2.31. The highest BCUT2D eigenvalue weighted by Gasteiger charge is 2.13. The zero-order valence-corrected chi connectivity index (χ0v) is 8.28. The lowest BCUT2D eigenvalue weighted by atomic mass is 10.2. The number of fused-ring (bicyclic) bond motifs is 1. The largest absolute Gasteiger partial charge is 0.446 e. The standard InChI is InChI=1S/C9H5BrF2O/c1-4-6-2-5(11)3-7(12)8(6)13-9(4)10/h2-3H,1H3. The average molecular weight is 247 g/mol. The maximum absolute atomic E-state index is 13.1. The highest BCUT2D eigenvalue weighted by molar-refractivity contribution is 9.10. The van der Waals surface area contributed by atoms with Crippen LogP contribution in [0.5, 0.6) is 0 Å². The molecule has 0 N–H and O–H groups in total. The molecule has 0 aliphatic rings. The van der Waals surface area contributed by atoms with Crippen LogP contribution in [-0.4, -0.2) is 0 Å². The molecule has 0 saturated heterocycles. The number of furan rings is 1. The van der Waals surface area contributed by atoms with E-state index in [2.05, 4.69) is 15.9 Å². The van der Waals surface area contributed by atoms with Gasteiger partial charge in [-0.15, -0.1) is 0 Å². The van der Waals surface area contributed by atoms with E-state index in [4.69, 9.17) is 4.42 Å². The lowest BCUT2D eigenvalue weighted by Gasteiger charge is -1.91. The summed E-state index contributed by atoms with van der Waals surface area (Å²) in [5, 5.41) is 0.462. The van der Waals surface area contributed by atoms with Gasteiger partial charge in [0.2, 0.25) is 0 Å². The van der Waals surface area contributed by atoms with Crippen molar-refractivity contribution in [2.75, 3.05) is 0 Å². The molecule has 0 atom stereocenters. The summed E-state index contributed by atoms with van der Waals surface area (Å²) < 4.78 is 31.4. The van der Waals surface area contributed by atoms with Crippen LogP contribution in [0.3, 0.4) is 0 Å². The van der Waals surface area contributed by atoms with E-state index in [0.29, 0.717) is 15.6 Å². The quantitative estimate of drug-likeness (QED) is 0.690. The molecule has 68 valence electrons. The molecule has 0 radical (unpaired) electrons. The van der Waals surface area contributed by atoms with Gasteiger partial charge in [-0.2, -0.15) is 0 Å². The lowest BCUT2D eigenvalue weighted by Crippen LogP contribution is -1.79. The summed E-state index contributed by atoms with van der Waals surface area (Å²) in [6, 6.07) is 2.06. The maximum atomic E-state index is 13.1. The molecule has 4 heteroatoms. The predicted molar refractivity (Wildman–Crippen MR) is 48.6 cm³/mol. The van der Waals surface area contributed by atoms with E-state index in [1.54, 1.807) is 6.92 Å². The molecule has 1 aromatic carbocycles. The van der Waals surface area contributed by atoms with Crippen molar-refractivity contribution in [3.8, 4) is 0 Å². The zero-order chi connectivity index (χ0) is 9.59. The fourth-order valence-corrected chi connectivity index (χ4v) is 1.59. The van der Waals surface area contributed by atoms with Gasteiger partial charge in [0.1, 0.15) is 5.82 Å². The Bertz CT molecular complexity index is 476. The monoisotopic (exact) mass is 246 g/mol. The molecule has 0 spiro atoms. The third kappa shape index (κ3) is 1.25. The second-order valence-electron chi connectivity index (χ2n) is 2.77. The summed E-state index contributed by atoms with van der Waals surface area (Å²) in [4.78, 5) is 0. The van der Waals surface area contributed by atoms with Gasteiger partial charge in [0, 0.05) is 17.0 Å². The van der Waals surface area contributed by atoms with Crippen molar-refractivity contribution in [2.45, 2.75) is 6.92 Å². The van der Waals surface area contributed by atoms with Gasteiger partial charge in [0.25, 0.3) is 0 Å². The number of aryl methyl sites for hydroxylation is 1. The van der Waals surface area contributed by atoms with Crippen LogP contribution >= 0.6 is 15.9 Å². The van der Waals surface area contributed by atoms with Crippen LogP contribution in [0.2, 0.25) is 0 Å². The van der Waals surface area contributed by atoms with Crippen LogP contribution in [-0.2, 0) is 0 Å². The molecule has 0 fully saturated rings. The molecule has 1 nitrogen and oxygen atoms in total. The minimum atomic E-state index is -0.677. The fraction of sp³-hybridized carbons (Fsp3) is 0.111. The van der Waals surface area contributed by atoms with Gasteiger partial charge in [-0.05, 0) is 28.9 Å². The Morgan fingerprint density at radius 1 is 1.31 bits per heavy atom. The normalized spacial score (nSPS) is 11.1. The first-order valence-corrected chi connectivity index (χ1v) is 4.42. The molecule has 0 aliphatic carbocycles. The minimum absolute atomic E-state index is 0.0887. The number of halogens is 3. The number of benzene rings is 1. The van der Waals surface area contributed by atoms with Crippen molar-refractivity contribution in [3.63, 3.8) is 0 Å². The Labute approximate surface area is 81.5 Å². The van der Waals surface area contributed by atoms with Gasteiger partial charge in [0.05, 0.1) is 0 Å².